The number of thiazole rings is 1. The van der Waals surface area contributed by atoms with E-state index < -0.39 is 65.4 Å². The van der Waals surface area contributed by atoms with Crippen molar-refractivity contribution in [2.24, 2.45) is 16.9 Å². The number of aromatic nitrogens is 1. The van der Waals surface area contributed by atoms with E-state index in [-0.39, 0.29) is 62.4 Å². The average Bonchev–Trinajstić information content (AvgIpc) is 4.05. The number of primary amides is 1. The molecule has 384 valence electrons. The molecule has 4 aromatic rings. The Hall–Kier alpha value is -6.21. The van der Waals surface area contributed by atoms with E-state index >= 15 is 0 Å². The first kappa shape index (κ1) is 53.6. The zero-order valence-corrected chi connectivity index (χ0v) is 43.0. The molecular weight excluding hydrogens is 958 g/mol. The van der Waals surface area contributed by atoms with Gasteiger partial charge in [-0.05, 0) is 91.7 Å². The molecule has 4 heterocycles. The number of aliphatic hydroxyl groups is 1. The van der Waals surface area contributed by atoms with E-state index in [1.807, 2.05) is 83.1 Å². The number of hydrogen-bond acceptors (Lipinski definition) is 11. The summed E-state index contributed by atoms with van der Waals surface area (Å²) >= 11 is 8.40. The van der Waals surface area contributed by atoms with E-state index in [1.54, 1.807) is 29.0 Å². The van der Waals surface area contributed by atoms with Crippen LogP contribution < -0.4 is 37.6 Å². The molecule has 1 aromatic heterocycles. The van der Waals surface area contributed by atoms with Crippen molar-refractivity contribution in [2.45, 2.75) is 148 Å². The zero-order chi connectivity index (χ0) is 52.0. The Morgan fingerprint density at radius 2 is 1.62 bits per heavy atom. The minimum atomic E-state index is -1.19. The number of hydrogen-bond donors (Lipinski definition) is 7. The molecule has 9 N–H and O–H groups in total. The molecule has 1 unspecified atom stereocenters. The summed E-state index contributed by atoms with van der Waals surface area (Å²) in [5, 5.41) is 22.5. The molecule has 72 heavy (non-hydrogen) atoms. The fraction of sp³-hybridized carbons (Fsp3) is 0.472. The largest absolute Gasteiger partial charge is 0.391 e. The molecule has 7 atom stereocenters. The molecule has 3 aliphatic heterocycles. The average molecular weight is 1020 g/mol. The van der Waals surface area contributed by atoms with Crippen LogP contribution >= 0.6 is 22.9 Å². The van der Waals surface area contributed by atoms with E-state index in [4.69, 9.17) is 23.1 Å². The molecule has 17 nitrogen and oxygen atoms in total. The van der Waals surface area contributed by atoms with E-state index in [9.17, 15) is 38.7 Å². The maximum absolute atomic E-state index is 14.2. The molecule has 1 saturated heterocycles. The lowest BCUT2D eigenvalue weighted by Gasteiger charge is -2.35. The summed E-state index contributed by atoms with van der Waals surface area (Å²) < 4.78 is 0. The molecule has 3 aromatic carbocycles. The second-order valence-corrected chi connectivity index (χ2v) is 21.5. The van der Waals surface area contributed by atoms with Crippen molar-refractivity contribution in [3.63, 3.8) is 0 Å². The van der Waals surface area contributed by atoms with Gasteiger partial charge in [-0.2, -0.15) is 0 Å². The van der Waals surface area contributed by atoms with Crippen LogP contribution in [0, 0.1) is 12.3 Å². The van der Waals surface area contributed by atoms with Gasteiger partial charge in [-0.15, -0.1) is 11.3 Å². The summed E-state index contributed by atoms with van der Waals surface area (Å²) in [6.07, 6.45) is 2.60. The van der Waals surface area contributed by atoms with Gasteiger partial charge in [-0.1, -0.05) is 93.4 Å². The lowest BCUT2D eigenvalue weighted by Crippen LogP contribution is -2.57. The quantitative estimate of drug-likeness (QED) is 0.0607. The number of anilines is 2. The minimum Gasteiger partial charge on any atom is -0.391 e. The number of halogens is 1. The number of nitrogens with zero attached hydrogens (tertiary/aromatic N) is 3. The molecule has 3 aliphatic rings. The highest BCUT2D eigenvalue weighted by Crippen LogP contribution is 2.39. The lowest BCUT2D eigenvalue weighted by molar-refractivity contribution is -0.144. The smallest absolute Gasteiger partial charge is 0.247 e. The fourth-order valence-electron chi connectivity index (χ4n) is 9.80. The predicted octanol–water partition coefficient (Wildman–Crippen LogP) is 5.17. The van der Waals surface area contributed by atoms with Crippen LogP contribution in [-0.4, -0.2) is 99.2 Å². The summed E-state index contributed by atoms with van der Waals surface area (Å²) in [4.78, 5) is 103. The van der Waals surface area contributed by atoms with Gasteiger partial charge < -0.3 is 42.7 Å². The predicted molar refractivity (Wildman–Crippen MR) is 277 cm³/mol. The van der Waals surface area contributed by atoms with Gasteiger partial charge in [0.25, 0.3) is 0 Å². The number of rotatable bonds is 19. The van der Waals surface area contributed by atoms with Crippen molar-refractivity contribution < 1.29 is 38.7 Å². The van der Waals surface area contributed by atoms with Crippen molar-refractivity contribution >= 4 is 75.7 Å². The lowest BCUT2D eigenvalue weighted by atomic mass is 9.85. The van der Waals surface area contributed by atoms with E-state index in [0.29, 0.717) is 54.9 Å². The fourth-order valence-corrected chi connectivity index (χ4v) is 10.9. The molecular formula is C53H66ClN9O8S. The number of β-amino-alcohol motifs (C(OH)–C–C–N with tert-alkyl or cyclic N) is 1. The van der Waals surface area contributed by atoms with Gasteiger partial charge in [0, 0.05) is 32.2 Å². The van der Waals surface area contributed by atoms with Gasteiger partial charge in [-0.25, -0.2) is 4.98 Å². The summed E-state index contributed by atoms with van der Waals surface area (Å²) in [5.74, 6) is -3.35. The third kappa shape index (κ3) is 12.5. The van der Waals surface area contributed by atoms with Gasteiger partial charge in [0.1, 0.15) is 24.2 Å². The number of unbranched alkanes of at least 4 members (excludes halogenated alkanes) is 2. The Kier molecular flexibility index (Phi) is 17.2. The van der Waals surface area contributed by atoms with Gasteiger partial charge in [0.2, 0.25) is 41.4 Å². The first-order chi connectivity index (χ1) is 34.2. The normalized spacial score (nSPS) is 19.7. The topological polar surface area (TPSA) is 259 Å². The number of likely N-dealkylation sites (tertiary alicyclic amines) is 1. The standard InChI is InChI=1S/C53H66ClN9O8S/c1-29(31-17-19-34(20-18-31)46-30(2)57-28-72-46)58-49(68)40-26-36(64)27-62(40)52(71)47(53(3,4)5)61-43(66)16-8-6-7-11-32-12-10-15-38(44(32)54)59-48(67)39(23-24-42(56)65)60-50(69)41-25-35-14-9-13-33-21-22-37(55)51(70)63(41)45(33)35/h9-10,12-15,17-20,28-29,36-37,39-41,47,64H,6-8,11,16,21-27,55H2,1-5H3,(H2,56,65)(H,58,68)(H,59,67)(H,60,69)(H,61,66)/t29-,36+,37-,39-,40?,41-,47+/m0/s1. The number of nitrogens with one attached hydrogen (secondary N) is 4. The third-order valence-corrected chi connectivity index (χ3v) is 15.2. The molecule has 1 fully saturated rings. The first-order valence-corrected chi connectivity index (χ1v) is 25.9. The van der Waals surface area contributed by atoms with Crippen LogP contribution in [0.1, 0.15) is 113 Å². The third-order valence-electron chi connectivity index (χ3n) is 13.8. The number of carbonyl (C=O) groups is 7. The maximum Gasteiger partial charge on any atom is 0.247 e. The van der Waals surface area contributed by atoms with Crippen LogP contribution in [0.3, 0.4) is 0 Å². The Morgan fingerprint density at radius 3 is 2.32 bits per heavy atom. The van der Waals surface area contributed by atoms with Crippen LogP contribution in [0.5, 0.6) is 0 Å². The van der Waals surface area contributed by atoms with Crippen LogP contribution in [-0.2, 0) is 52.8 Å². The Bertz CT molecular complexity index is 2690. The minimum absolute atomic E-state index is 0.0365. The summed E-state index contributed by atoms with van der Waals surface area (Å²) in [6, 6.07) is 13.6. The zero-order valence-electron chi connectivity index (χ0n) is 41.5. The highest BCUT2D eigenvalue weighted by Gasteiger charge is 2.46. The van der Waals surface area contributed by atoms with Crippen molar-refractivity contribution in [1.29, 1.82) is 0 Å². The second kappa shape index (κ2) is 23.1. The number of aryl methyl sites for hydroxylation is 3. The van der Waals surface area contributed by atoms with Crippen LogP contribution in [0.4, 0.5) is 11.4 Å². The Balaban J connectivity index is 0.902. The van der Waals surface area contributed by atoms with Gasteiger partial charge in [-0.3, -0.25) is 38.5 Å². The van der Waals surface area contributed by atoms with Gasteiger partial charge >= 0.3 is 0 Å². The molecule has 0 saturated carbocycles. The number of nitrogens with two attached hydrogens (primary N) is 2. The van der Waals surface area contributed by atoms with Crippen LogP contribution in [0.15, 0.2) is 66.2 Å². The SMILES string of the molecule is Cc1ncsc1-c1ccc([C@H](C)NC(=O)C2C[C@@H](O)CN2C(=O)[C@@H](NC(=O)CCCCCc2cccc(NC(=O)[C@H](CCC(N)=O)NC(=O)[C@@H]3Cc4cccc5c4N3C(=O)[C@@H](N)CC5)c2Cl)C(C)(C)C)cc1. The van der Waals surface area contributed by atoms with Gasteiger partial charge in [0.05, 0.1) is 50.7 Å². The number of aliphatic hydroxyl groups excluding tert-OH is 1. The summed E-state index contributed by atoms with van der Waals surface area (Å²) in [5.41, 5.74) is 19.1. The summed E-state index contributed by atoms with van der Waals surface area (Å²) in [7, 11) is 0. The van der Waals surface area contributed by atoms with E-state index in [0.717, 1.165) is 38.4 Å². The molecule has 0 radical (unpaired) electrons. The number of amides is 7. The van der Waals surface area contributed by atoms with Gasteiger partial charge in [0.15, 0.2) is 0 Å². The van der Waals surface area contributed by atoms with Crippen LogP contribution in [0.2, 0.25) is 5.02 Å². The van der Waals surface area contributed by atoms with E-state index in [1.165, 1.54) is 9.80 Å². The summed E-state index contributed by atoms with van der Waals surface area (Å²) in [6.45, 7) is 9.31. The van der Waals surface area contributed by atoms with Crippen molar-refractivity contribution in [2.75, 3.05) is 16.8 Å². The molecule has 7 rings (SSSR count). The van der Waals surface area contributed by atoms with Crippen LogP contribution in [0.25, 0.3) is 10.4 Å². The van der Waals surface area contributed by atoms with Crippen molar-refractivity contribution in [1.82, 2.24) is 25.8 Å². The Labute approximate surface area is 429 Å². The van der Waals surface area contributed by atoms with E-state index in [2.05, 4.69) is 26.3 Å². The monoisotopic (exact) mass is 1020 g/mol. The highest BCUT2D eigenvalue weighted by atomic mass is 35.5. The second-order valence-electron chi connectivity index (χ2n) is 20.3. The number of benzene rings is 3. The van der Waals surface area contributed by atoms with Crippen molar-refractivity contribution in [3.05, 3.63) is 99.1 Å². The molecule has 7 amide bonds. The molecule has 0 aliphatic carbocycles. The number of para-hydroxylation sites is 1. The Morgan fingerprint density at radius 1 is 0.917 bits per heavy atom. The molecule has 0 spiro atoms. The molecule has 0 bridgehead atoms. The first-order valence-electron chi connectivity index (χ1n) is 24.7. The maximum atomic E-state index is 14.2. The molecule has 19 heteroatoms. The number of carbonyl (C=O) groups excluding carboxylic acids is 7. The highest BCUT2D eigenvalue weighted by molar-refractivity contribution is 7.13. The van der Waals surface area contributed by atoms with Crippen molar-refractivity contribution in [3.8, 4) is 10.4 Å².